The molecule has 0 aliphatic heterocycles. The van der Waals surface area contributed by atoms with Crippen molar-refractivity contribution in [2.75, 3.05) is 0 Å². The number of carbonyl (C=O) groups excluding carboxylic acids is 1. The third kappa shape index (κ3) is 2.48. The van der Waals surface area contributed by atoms with Crippen LogP contribution in [0, 0.1) is 0 Å². The van der Waals surface area contributed by atoms with Gasteiger partial charge in [0, 0.05) is 0 Å². The number of halogens is 1. The topological polar surface area (TPSA) is 43.1 Å². The summed E-state index contributed by atoms with van der Waals surface area (Å²) in [5.74, 6) is -0.464. The quantitative estimate of drug-likeness (QED) is 0.818. The summed E-state index contributed by atoms with van der Waals surface area (Å²) < 4.78 is 0. The number of aryl methyl sites for hydroxylation is 1. The molecule has 0 aliphatic carbocycles. The smallest absolute Gasteiger partial charge is 0.250 e. The van der Waals surface area contributed by atoms with Crippen LogP contribution in [-0.2, 0) is 6.42 Å². The molecule has 1 amide bonds. The van der Waals surface area contributed by atoms with Gasteiger partial charge in [0.25, 0.3) is 0 Å². The highest BCUT2D eigenvalue weighted by Crippen LogP contribution is 2.22. The molecule has 0 saturated carbocycles. The molecule has 0 unspecified atom stereocenters. The Labute approximate surface area is 89.1 Å². The van der Waals surface area contributed by atoms with Crippen LogP contribution in [0.5, 0.6) is 0 Å². The van der Waals surface area contributed by atoms with Gasteiger partial charge in [0.2, 0.25) is 5.91 Å². The summed E-state index contributed by atoms with van der Waals surface area (Å²) in [4.78, 5) is 11.0. The van der Waals surface area contributed by atoms with Gasteiger partial charge in [0.15, 0.2) is 0 Å². The van der Waals surface area contributed by atoms with E-state index in [0.717, 1.165) is 24.8 Å². The van der Waals surface area contributed by atoms with Crippen LogP contribution >= 0.6 is 11.6 Å². The molecule has 1 aromatic carbocycles. The Hall–Kier alpha value is -1.02. The first kappa shape index (κ1) is 11.1. The van der Waals surface area contributed by atoms with E-state index < -0.39 is 5.91 Å². The minimum atomic E-state index is -0.464. The van der Waals surface area contributed by atoms with Gasteiger partial charge in [-0.25, -0.2) is 0 Å². The van der Waals surface area contributed by atoms with Gasteiger partial charge in [0.05, 0.1) is 10.6 Å². The second-order valence-electron chi connectivity index (χ2n) is 3.25. The van der Waals surface area contributed by atoms with Gasteiger partial charge in [-0.15, -0.1) is 0 Å². The summed E-state index contributed by atoms with van der Waals surface area (Å²) in [5.41, 5.74) is 6.61. The molecule has 1 rings (SSSR count). The van der Waals surface area contributed by atoms with Crippen LogP contribution in [0.2, 0.25) is 5.02 Å². The van der Waals surface area contributed by atoms with Gasteiger partial charge in [-0.05, 0) is 24.5 Å². The zero-order valence-corrected chi connectivity index (χ0v) is 8.97. The van der Waals surface area contributed by atoms with Crippen LogP contribution in [-0.4, -0.2) is 5.91 Å². The van der Waals surface area contributed by atoms with Crippen molar-refractivity contribution in [2.45, 2.75) is 26.2 Å². The fourth-order valence-electron chi connectivity index (χ4n) is 1.33. The molecule has 2 nitrogen and oxygen atoms in total. The molecule has 0 spiro atoms. The first-order chi connectivity index (χ1) is 6.66. The van der Waals surface area contributed by atoms with E-state index in [1.165, 1.54) is 0 Å². The van der Waals surface area contributed by atoms with Gasteiger partial charge < -0.3 is 5.73 Å². The van der Waals surface area contributed by atoms with Gasteiger partial charge >= 0.3 is 0 Å². The van der Waals surface area contributed by atoms with Crippen molar-refractivity contribution in [1.29, 1.82) is 0 Å². The summed E-state index contributed by atoms with van der Waals surface area (Å²) in [5, 5.41) is 0.508. The number of nitrogens with two attached hydrogens (primary N) is 1. The van der Waals surface area contributed by atoms with E-state index in [-0.39, 0.29) is 0 Å². The Morgan fingerprint density at radius 3 is 2.79 bits per heavy atom. The normalized spacial score (nSPS) is 10.1. The van der Waals surface area contributed by atoms with Gasteiger partial charge in [-0.2, -0.15) is 0 Å². The Morgan fingerprint density at radius 1 is 1.50 bits per heavy atom. The third-order valence-electron chi connectivity index (χ3n) is 2.14. The average Bonchev–Trinajstić information content (AvgIpc) is 2.16. The van der Waals surface area contributed by atoms with E-state index in [2.05, 4.69) is 6.92 Å². The molecule has 0 saturated heterocycles. The number of benzene rings is 1. The fourth-order valence-corrected chi connectivity index (χ4v) is 1.64. The minimum Gasteiger partial charge on any atom is -0.366 e. The van der Waals surface area contributed by atoms with Crippen LogP contribution in [0.25, 0.3) is 0 Å². The van der Waals surface area contributed by atoms with Gasteiger partial charge in [0.1, 0.15) is 0 Å². The van der Waals surface area contributed by atoms with Crippen LogP contribution in [0.4, 0.5) is 0 Å². The summed E-state index contributed by atoms with van der Waals surface area (Å²) in [6, 6.07) is 5.40. The SMILES string of the molecule is CCCCc1cccc(C(N)=O)c1Cl. The lowest BCUT2D eigenvalue weighted by atomic mass is 10.1. The Kier molecular flexibility index (Phi) is 3.96. The number of hydrogen-bond acceptors (Lipinski definition) is 1. The molecular weight excluding hydrogens is 198 g/mol. The van der Waals surface area contributed by atoms with Crippen molar-refractivity contribution in [1.82, 2.24) is 0 Å². The number of rotatable bonds is 4. The van der Waals surface area contributed by atoms with Crippen LogP contribution in [0.3, 0.4) is 0 Å². The molecule has 1 aromatic rings. The molecule has 0 atom stereocenters. The van der Waals surface area contributed by atoms with E-state index in [4.69, 9.17) is 17.3 Å². The van der Waals surface area contributed by atoms with Gasteiger partial charge in [-0.1, -0.05) is 37.1 Å². The molecule has 76 valence electrons. The van der Waals surface area contributed by atoms with Crippen LogP contribution < -0.4 is 5.73 Å². The highest BCUT2D eigenvalue weighted by molar-refractivity contribution is 6.34. The van der Waals surface area contributed by atoms with E-state index in [1.807, 2.05) is 12.1 Å². The van der Waals surface area contributed by atoms with E-state index in [0.29, 0.717) is 10.6 Å². The summed E-state index contributed by atoms with van der Waals surface area (Å²) in [6.07, 6.45) is 3.08. The summed E-state index contributed by atoms with van der Waals surface area (Å²) >= 11 is 6.04. The molecule has 0 bridgehead atoms. The van der Waals surface area contributed by atoms with Crippen molar-refractivity contribution in [3.8, 4) is 0 Å². The maximum atomic E-state index is 11.0. The standard InChI is InChI=1S/C11H14ClNO/c1-2-3-5-8-6-4-7-9(10(8)12)11(13)14/h4,6-7H,2-3,5H2,1H3,(H2,13,14). The minimum absolute atomic E-state index is 0.417. The first-order valence-corrected chi connectivity index (χ1v) is 5.11. The van der Waals surface area contributed by atoms with Crippen molar-refractivity contribution >= 4 is 17.5 Å². The van der Waals surface area contributed by atoms with Crippen molar-refractivity contribution in [2.24, 2.45) is 5.73 Å². The molecule has 0 radical (unpaired) electrons. The molecule has 0 aromatic heterocycles. The van der Waals surface area contributed by atoms with Crippen LogP contribution in [0.15, 0.2) is 18.2 Å². The van der Waals surface area contributed by atoms with Crippen LogP contribution in [0.1, 0.15) is 35.7 Å². The molecule has 0 heterocycles. The monoisotopic (exact) mass is 211 g/mol. The first-order valence-electron chi connectivity index (χ1n) is 4.74. The molecule has 0 fully saturated rings. The number of unbranched alkanes of at least 4 members (excludes halogenated alkanes) is 1. The summed E-state index contributed by atoms with van der Waals surface area (Å²) in [7, 11) is 0. The predicted molar refractivity (Wildman–Crippen MR) is 58.6 cm³/mol. The second-order valence-corrected chi connectivity index (χ2v) is 3.62. The molecule has 0 aliphatic rings. The maximum Gasteiger partial charge on any atom is 0.250 e. The molecular formula is C11H14ClNO. The lowest BCUT2D eigenvalue weighted by molar-refractivity contribution is 0.100. The Bertz CT molecular complexity index is 336. The third-order valence-corrected chi connectivity index (χ3v) is 2.59. The lowest BCUT2D eigenvalue weighted by Crippen LogP contribution is -2.12. The van der Waals surface area contributed by atoms with Crippen molar-refractivity contribution in [3.05, 3.63) is 34.3 Å². The van der Waals surface area contributed by atoms with Crippen molar-refractivity contribution < 1.29 is 4.79 Å². The average molecular weight is 212 g/mol. The fraction of sp³-hybridized carbons (Fsp3) is 0.364. The highest BCUT2D eigenvalue weighted by atomic mass is 35.5. The number of amides is 1. The number of primary amides is 1. The van der Waals surface area contributed by atoms with Crippen molar-refractivity contribution in [3.63, 3.8) is 0 Å². The predicted octanol–water partition coefficient (Wildman–Crippen LogP) is 2.78. The zero-order valence-electron chi connectivity index (χ0n) is 8.22. The zero-order chi connectivity index (χ0) is 10.6. The number of carbonyl (C=O) groups is 1. The second kappa shape index (κ2) is 5.01. The Morgan fingerprint density at radius 2 is 2.21 bits per heavy atom. The maximum absolute atomic E-state index is 11.0. The van der Waals surface area contributed by atoms with E-state index in [9.17, 15) is 4.79 Å². The molecule has 3 heteroatoms. The summed E-state index contributed by atoms with van der Waals surface area (Å²) in [6.45, 7) is 2.12. The molecule has 2 N–H and O–H groups in total. The van der Waals surface area contributed by atoms with E-state index in [1.54, 1.807) is 6.07 Å². The Balaban J connectivity index is 2.95. The largest absolute Gasteiger partial charge is 0.366 e. The number of hydrogen-bond donors (Lipinski definition) is 1. The lowest BCUT2D eigenvalue weighted by Gasteiger charge is -2.06. The van der Waals surface area contributed by atoms with Gasteiger partial charge in [-0.3, -0.25) is 4.79 Å². The van der Waals surface area contributed by atoms with E-state index >= 15 is 0 Å². The highest BCUT2D eigenvalue weighted by Gasteiger charge is 2.09. The molecule has 14 heavy (non-hydrogen) atoms.